The van der Waals surface area contributed by atoms with Crippen molar-refractivity contribution < 1.29 is 4.79 Å². The van der Waals surface area contributed by atoms with Gasteiger partial charge in [-0.15, -0.1) is 0 Å². The van der Waals surface area contributed by atoms with Crippen molar-refractivity contribution >= 4 is 23.5 Å². The molecular formula is C17H25ClN4O. The van der Waals surface area contributed by atoms with Crippen LogP contribution in [0.2, 0.25) is 5.02 Å². The number of rotatable bonds is 5. The highest BCUT2D eigenvalue weighted by atomic mass is 35.5. The topological polar surface area (TPSA) is 56.7 Å². The molecule has 1 aliphatic heterocycles. The maximum atomic E-state index is 12.1. The van der Waals surface area contributed by atoms with Crippen molar-refractivity contribution in [3.05, 3.63) is 34.9 Å². The summed E-state index contributed by atoms with van der Waals surface area (Å²) in [6.07, 6.45) is 4.29. The monoisotopic (exact) mass is 336 g/mol. The minimum absolute atomic E-state index is 0.141. The van der Waals surface area contributed by atoms with Crippen LogP contribution >= 0.6 is 11.6 Å². The average Bonchev–Trinajstić information content (AvgIpc) is 2.58. The lowest BCUT2D eigenvalue weighted by Crippen LogP contribution is -2.46. The van der Waals surface area contributed by atoms with E-state index in [4.69, 9.17) is 11.6 Å². The maximum Gasteiger partial charge on any atom is 0.241 e. The van der Waals surface area contributed by atoms with E-state index in [1.165, 1.54) is 12.0 Å². The van der Waals surface area contributed by atoms with Gasteiger partial charge in [-0.3, -0.25) is 9.79 Å². The molecule has 0 spiro atoms. The number of likely N-dealkylation sites (tertiary alicyclic amines) is 1. The van der Waals surface area contributed by atoms with E-state index in [-0.39, 0.29) is 12.5 Å². The molecule has 1 aliphatic rings. The Hall–Kier alpha value is -1.75. The van der Waals surface area contributed by atoms with Crippen LogP contribution in [0.4, 0.5) is 0 Å². The number of carbonyl (C=O) groups is 1. The summed E-state index contributed by atoms with van der Waals surface area (Å²) in [6, 6.07) is 7.82. The number of hydrogen-bond acceptors (Lipinski definition) is 2. The number of piperidine rings is 1. The van der Waals surface area contributed by atoms with Crippen LogP contribution in [0.3, 0.4) is 0 Å². The standard InChI is InChI=1S/C17H25ClN4O/c1-19-17(20-9-8-14-6-5-7-15(18)12-14)21-13-16(23)22-10-3-2-4-11-22/h5-7,12H,2-4,8-11,13H2,1H3,(H2,19,20,21). The summed E-state index contributed by atoms with van der Waals surface area (Å²) in [5, 5.41) is 7.05. The lowest BCUT2D eigenvalue weighted by atomic mass is 10.1. The molecule has 6 heteroatoms. The summed E-state index contributed by atoms with van der Waals surface area (Å²) < 4.78 is 0. The van der Waals surface area contributed by atoms with E-state index in [1.54, 1.807) is 7.05 Å². The predicted molar refractivity (Wildman–Crippen MR) is 95.0 cm³/mol. The first-order chi connectivity index (χ1) is 11.2. The Kier molecular flexibility index (Phi) is 7.20. The second-order valence-electron chi connectivity index (χ2n) is 5.67. The molecule has 2 rings (SSSR count). The van der Waals surface area contributed by atoms with Crippen LogP contribution in [-0.2, 0) is 11.2 Å². The molecule has 5 nitrogen and oxygen atoms in total. The normalized spacial score (nSPS) is 15.4. The fourth-order valence-corrected chi connectivity index (χ4v) is 2.87. The van der Waals surface area contributed by atoms with Crippen LogP contribution in [0.5, 0.6) is 0 Å². The summed E-state index contributed by atoms with van der Waals surface area (Å²) >= 11 is 5.97. The van der Waals surface area contributed by atoms with Gasteiger partial charge in [0.05, 0.1) is 6.54 Å². The Morgan fingerprint density at radius 2 is 2.04 bits per heavy atom. The third-order valence-electron chi connectivity index (χ3n) is 3.93. The minimum atomic E-state index is 0.141. The molecule has 0 bridgehead atoms. The third-order valence-corrected chi connectivity index (χ3v) is 4.17. The molecule has 0 saturated carbocycles. The van der Waals surface area contributed by atoms with E-state index in [9.17, 15) is 4.79 Å². The van der Waals surface area contributed by atoms with Crippen LogP contribution in [-0.4, -0.2) is 50.0 Å². The first-order valence-corrected chi connectivity index (χ1v) is 8.53. The number of halogens is 1. The molecule has 1 heterocycles. The molecule has 1 fully saturated rings. The number of benzene rings is 1. The van der Waals surface area contributed by atoms with Gasteiger partial charge in [0.25, 0.3) is 0 Å². The van der Waals surface area contributed by atoms with Gasteiger partial charge in [-0.2, -0.15) is 0 Å². The van der Waals surface area contributed by atoms with Gasteiger partial charge in [-0.05, 0) is 43.4 Å². The Morgan fingerprint density at radius 1 is 1.26 bits per heavy atom. The molecule has 0 radical (unpaired) electrons. The number of aliphatic imine (C=N–C) groups is 1. The molecule has 126 valence electrons. The second kappa shape index (κ2) is 9.40. The number of guanidine groups is 1. The van der Waals surface area contributed by atoms with Crippen molar-refractivity contribution in [2.75, 3.05) is 33.2 Å². The zero-order valence-corrected chi connectivity index (χ0v) is 14.4. The second-order valence-corrected chi connectivity index (χ2v) is 6.11. The quantitative estimate of drug-likeness (QED) is 0.639. The molecule has 1 aromatic rings. The molecule has 1 amide bonds. The molecule has 23 heavy (non-hydrogen) atoms. The summed E-state index contributed by atoms with van der Waals surface area (Å²) in [5.41, 5.74) is 1.17. The highest BCUT2D eigenvalue weighted by molar-refractivity contribution is 6.30. The van der Waals surface area contributed by atoms with Crippen LogP contribution in [0.15, 0.2) is 29.3 Å². The Bertz CT molecular complexity index is 541. The van der Waals surface area contributed by atoms with Crippen molar-refractivity contribution in [2.24, 2.45) is 4.99 Å². The number of carbonyl (C=O) groups excluding carboxylic acids is 1. The molecular weight excluding hydrogens is 312 g/mol. The summed E-state index contributed by atoms with van der Waals surface area (Å²) in [4.78, 5) is 18.2. The summed E-state index contributed by atoms with van der Waals surface area (Å²) in [7, 11) is 1.71. The van der Waals surface area contributed by atoms with E-state index >= 15 is 0 Å². The Morgan fingerprint density at radius 3 is 2.74 bits per heavy atom. The maximum absolute atomic E-state index is 12.1. The molecule has 0 unspecified atom stereocenters. The van der Waals surface area contributed by atoms with E-state index in [0.29, 0.717) is 5.96 Å². The molecule has 2 N–H and O–H groups in total. The number of nitrogens with one attached hydrogen (secondary N) is 2. The smallest absolute Gasteiger partial charge is 0.241 e. The largest absolute Gasteiger partial charge is 0.356 e. The van der Waals surface area contributed by atoms with Crippen molar-refractivity contribution in [1.29, 1.82) is 0 Å². The van der Waals surface area contributed by atoms with Crippen LogP contribution in [0.1, 0.15) is 24.8 Å². The summed E-state index contributed by atoms with van der Waals surface area (Å²) in [5.74, 6) is 0.792. The highest BCUT2D eigenvalue weighted by Crippen LogP contribution is 2.10. The Balaban J connectivity index is 1.69. The first kappa shape index (κ1) is 17.6. The van der Waals surface area contributed by atoms with Gasteiger partial charge in [0.15, 0.2) is 5.96 Å². The van der Waals surface area contributed by atoms with Gasteiger partial charge >= 0.3 is 0 Å². The average molecular weight is 337 g/mol. The van der Waals surface area contributed by atoms with E-state index < -0.39 is 0 Å². The van der Waals surface area contributed by atoms with Crippen LogP contribution in [0, 0.1) is 0 Å². The zero-order chi connectivity index (χ0) is 16.5. The lowest BCUT2D eigenvalue weighted by molar-refractivity contribution is -0.130. The van der Waals surface area contributed by atoms with Crippen molar-refractivity contribution in [2.45, 2.75) is 25.7 Å². The van der Waals surface area contributed by atoms with Gasteiger partial charge in [0.2, 0.25) is 5.91 Å². The van der Waals surface area contributed by atoms with E-state index in [2.05, 4.69) is 15.6 Å². The highest BCUT2D eigenvalue weighted by Gasteiger charge is 2.16. The van der Waals surface area contributed by atoms with E-state index in [0.717, 1.165) is 43.9 Å². The van der Waals surface area contributed by atoms with Crippen LogP contribution < -0.4 is 10.6 Å². The Labute approximate surface area is 143 Å². The SMILES string of the molecule is CN=C(NCCc1cccc(Cl)c1)NCC(=O)N1CCCCC1. The number of nitrogens with zero attached hydrogens (tertiary/aromatic N) is 2. The van der Waals surface area contributed by atoms with E-state index in [1.807, 2.05) is 29.2 Å². The van der Waals surface area contributed by atoms with Gasteiger partial charge < -0.3 is 15.5 Å². The molecule has 0 aliphatic carbocycles. The lowest BCUT2D eigenvalue weighted by Gasteiger charge is -2.27. The number of hydrogen-bond donors (Lipinski definition) is 2. The van der Waals surface area contributed by atoms with Gasteiger partial charge in [-0.25, -0.2) is 0 Å². The van der Waals surface area contributed by atoms with Crippen molar-refractivity contribution in [1.82, 2.24) is 15.5 Å². The molecule has 1 saturated heterocycles. The number of amides is 1. The van der Waals surface area contributed by atoms with Gasteiger partial charge in [0, 0.05) is 31.7 Å². The van der Waals surface area contributed by atoms with Gasteiger partial charge in [0.1, 0.15) is 0 Å². The first-order valence-electron chi connectivity index (χ1n) is 8.16. The van der Waals surface area contributed by atoms with Gasteiger partial charge in [-0.1, -0.05) is 23.7 Å². The third kappa shape index (κ3) is 6.10. The zero-order valence-electron chi connectivity index (χ0n) is 13.6. The van der Waals surface area contributed by atoms with Crippen molar-refractivity contribution in [3.63, 3.8) is 0 Å². The fourth-order valence-electron chi connectivity index (χ4n) is 2.65. The predicted octanol–water partition coefficient (Wildman–Crippen LogP) is 2.06. The minimum Gasteiger partial charge on any atom is -0.356 e. The van der Waals surface area contributed by atoms with Crippen molar-refractivity contribution in [3.8, 4) is 0 Å². The summed E-state index contributed by atoms with van der Waals surface area (Å²) in [6.45, 7) is 2.78. The van der Waals surface area contributed by atoms with Crippen LogP contribution in [0.25, 0.3) is 0 Å². The molecule has 0 atom stereocenters. The molecule has 0 aromatic heterocycles. The molecule has 1 aromatic carbocycles. The fraction of sp³-hybridized carbons (Fsp3) is 0.529.